The molecular formula is C15H19NO2. The number of hydroxylamine groups is 2. The van der Waals surface area contributed by atoms with E-state index in [1.807, 2.05) is 6.07 Å². The normalized spacial score (nSPS) is 18.6. The van der Waals surface area contributed by atoms with Gasteiger partial charge in [0.2, 0.25) is 0 Å². The number of amides is 1. The van der Waals surface area contributed by atoms with Crippen LogP contribution in [0.4, 0.5) is 0 Å². The second-order valence-electron chi connectivity index (χ2n) is 4.67. The zero-order valence-corrected chi connectivity index (χ0v) is 10.9. The first-order chi connectivity index (χ1) is 8.70. The molecule has 18 heavy (non-hydrogen) atoms. The number of benzene rings is 1. The van der Waals surface area contributed by atoms with Gasteiger partial charge in [-0.05, 0) is 30.7 Å². The highest BCUT2D eigenvalue weighted by molar-refractivity contribution is 5.93. The molecule has 0 spiro atoms. The van der Waals surface area contributed by atoms with E-state index in [0.717, 1.165) is 24.8 Å². The first-order valence-corrected chi connectivity index (χ1v) is 6.27. The Hall–Kier alpha value is -1.61. The lowest BCUT2D eigenvalue weighted by molar-refractivity contribution is -0.164. The number of likely N-dealkylation sites (N-methyl/N-ethyl adjacent to an activating group) is 1. The molecule has 1 unspecified atom stereocenters. The molecule has 1 aliphatic rings. The van der Waals surface area contributed by atoms with Gasteiger partial charge in [-0.2, -0.15) is 0 Å². The minimum Gasteiger partial charge on any atom is -0.274 e. The van der Waals surface area contributed by atoms with E-state index in [4.69, 9.17) is 4.84 Å². The quantitative estimate of drug-likeness (QED) is 0.763. The number of carbonyl (C=O) groups excluding carboxylic acids is 1. The molecule has 0 aliphatic heterocycles. The molecule has 0 fully saturated rings. The van der Waals surface area contributed by atoms with E-state index < -0.39 is 0 Å². The molecule has 1 amide bonds. The molecule has 1 aliphatic carbocycles. The summed E-state index contributed by atoms with van der Waals surface area (Å²) in [6.45, 7) is 0. The zero-order chi connectivity index (χ0) is 13.0. The first-order valence-electron chi connectivity index (χ1n) is 6.27. The van der Waals surface area contributed by atoms with E-state index in [1.54, 1.807) is 7.05 Å². The van der Waals surface area contributed by atoms with Crippen LogP contribution in [-0.4, -0.2) is 25.1 Å². The topological polar surface area (TPSA) is 29.5 Å². The van der Waals surface area contributed by atoms with Crippen LogP contribution in [0.15, 0.2) is 42.0 Å². The Morgan fingerprint density at radius 1 is 1.39 bits per heavy atom. The molecule has 0 N–H and O–H groups in total. The number of hydrogen-bond donors (Lipinski definition) is 0. The van der Waals surface area contributed by atoms with Gasteiger partial charge in [0, 0.05) is 12.6 Å². The lowest BCUT2D eigenvalue weighted by Crippen LogP contribution is -2.26. The molecule has 3 heteroatoms. The highest BCUT2D eigenvalue weighted by Crippen LogP contribution is 2.28. The van der Waals surface area contributed by atoms with Crippen LogP contribution < -0.4 is 0 Å². The van der Waals surface area contributed by atoms with Gasteiger partial charge in [-0.15, -0.1) is 0 Å². The molecule has 96 valence electrons. The maximum atomic E-state index is 11.9. The lowest BCUT2D eigenvalue weighted by atomic mass is 9.99. The number of hydrogen-bond acceptors (Lipinski definition) is 2. The Balaban J connectivity index is 1.98. The van der Waals surface area contributed by atoms with Gasteiger partial charge < -0.3 is 0 Å². The average Bonchev–Trinajstić information content (AvgIpc) is 2.86. The first kappa shape index (κ1) is 12.8. The molecule has 0 saturated heterocycles. The third kappa shape index (κ3) is 2.99. The zero-order valence-electron chi connectivity index (χ0n) is 10.9. The summed E-state index contributed by atoms with van der Waals surface area (Å²) in [5.74, 6) is 0.449. The lowest BCUT2D eigenvalue weighted by Gasteiger charge is -2.13. The van der Waals surface area contributed by atoms with Crippen molar-refractivity contribution in [1.82, 2.24) is 5.06 Å². The van der Waals surface area contributed by atoms with E-state index in [9.17, 15) is 4.79 Å². The molecule has 0 bridgehead atoms. The summed E-state index contributed by atoms with van der Waals surface area (Å²) in [7, 11) is 3.16. The third-order valence-electron chi connectivity index (χ3n) is 3.40. The maximum absolute atomic E-state index is 11.9. The molecule has 1 aromatic rings. The Morgan fingerprint density at radius 2 is 2.11 bits per heavy atom. The standard InChI is InChI=1S/C15H19NO2/c1-16(18-2)15(17)14-9-8-13(11-14)10-12-6-4-3-5-7-12/h3-7,11,13H,8-10H2,1-2H3. The summed E-state index contributed by atoms with van der Waals surface area (Å²) < 4.78 is 0. The van der Waals surface area contributed by atoms with Crippen molar-refractivity contribution in [2.24, 2.45) is 5.92 Å². The van der Waals surface area contributed by atoms with Gasteiger partial charge in [-0.3, -0.25) is 9.63 Å². The SMILES string of the molecule is CON(C)C(=O)C1=CC(Cc2ccccc2)CC1. The van der Waals surface area contributed by atoms with Crippen molar-refractivity contribution in [3.8, 4) is 0 Å². The van der Waals surface area contributed by atoms with Gasteiger partial charge >= 0.3 is 0 Å². The summed E-state index contributed by atoms with van der Waals surface area (Å²) >= 11 is 0. The Kier molecular flexibility index (Phi) is 4.15. The third-order valence-corrected chi connectivity index (χ3v) is 3.40. The van der Waals surface area contributed by atoms with Gasteiger partial charge in [0.05, 0.1) is 7.11 Å². The van der Waals surface area contributed by atoms with Crippen LogP contribution in [0.5, 0.6) is 0 Å². The predicted octanol–water partition coefficient (Wildman–Crippen LogP) is 2.59. The summed E-state index contributed by atoms with van der Waals surface area (Å²) in [6.07, 6.45) is 5.01. The van der Waals surface area contributed by atoms with Gasteiger partial charge in [0.25, 0.3) is 5.91 Å². The Labute approximate surface area is 108 Å². The molecule has 2 rings (SSSR count). The number of rotatable bonds is 4. The van der Waals surface area contributed by atoms with E-state index in [1.165, 1.54) is 17.7 Å². The van der Waals surface area contributed by atoms with Gasteiger partial charge in [-0.1, -0.05) is 36.4 Å². The fourth-order valence-corrected chi connectivity index (χ4v) is 2.33. The smallest absolute Gasteiger partial charge is 0.272 e. The minimum absolute atomic E-state index is 0.0203. The minimum atomic E-state index is -0.0203. The predicted molar refractivity (Wildman–Crippen MR) is 70.7 cm³/mol. The van der Waals surface area contributed by atoms with Crippen LogP contribution >= 0.6 is 0 Å². The van der Waals surface area contributed by atoms with Crippen LogP contribution in [0.1, 0.15) is 18.4 Å². The summed E-state index contributed by atoms with van der Waals surface area (Å²) in [6, 6.07) is 10.4. The van der Waals surface area contributed by atoms with Crippen molar-refractivity contribution in [2.75, 3.05) is 14.2 Å². The fourth-order valence-electron chi connectivity index (χ4n) is 2.33. The Bertz CT molecular complexity index is 439. The van der Waals surface area contributed by atoms with E-state index in [0.29, 0.717) is 5.92 Å². The molecule has 0 heterocycles. The number of allylic oxidation sites excluding steroid dienone is 1. The molecular weight excluding hydrogens is 226 g/mol. The maximum Gasteiger partial charge on any atom is 0.272 e. The molecule has 0 saturated carbocycles. The van der Waals surface area contributed by atoms with E-state index >= 15 is 0 Å². The molecule has 0 aromatic heterocycles. The summed E-state index contributed by atoms with van der Waals surface area (Å²) in [4.78, 5) is 16.8. The highest BCUT2D eigenvalue weighted by Gasteiger charge is 2.23. The highest BCUT2D eigenvalue weighted by atomic mass is 16.7. The van der Waals surface area contributed by atoms with Gasteiger partial charge in [0.1, 0.15) is 0 Å². The monoisotopic (exact) mass is 245 g/mol. The van der Waals surface area contributed by atoms with Crippen molar-refractivity contribution >= 4 is 5.91 Å². The largest absolute Gasteiger partial charge is 0.274 e. The number of carbonyl (C=O) groups is 1. The van der Waals surface area contributed by atoms with Crippen molar-refractivity contribution in [3.05, 3.63) is 47.5 Å². The molecule has 0 radical (unpaired) electrons. The van der Waals surface area contributed by atoms with Crippen LogP contribution in [0.2, 0.25) is 0 Å². The summed E-state index contributed by atoms with van der Waals surface area (Å²) in [5.41, 5.74) is 2.20. The van der Waals surface area contributed by atoms with Gasteiger partial charge in [-0.25, -0.2) is 5.06 Å². The van der Waals surface area contributed by atoms with Gasteiger partial charge in [0.15, 0.2) is 0 Å². The van der Waals surface area contributed by atoms with Crippen molar-refractivity contribution < 1.29 is 9.63 Å². The average molecular weight is 245 g/mol. The molecule has 1 aromatic carbocycles. The van der Waals surface area contributed by atoms with Crippen LogP contribution in [0.3, 0.4) is 0 Å². The molecule has 3 nitrogen and oxygen atoms in total. The van der Waals surface area contributed by atoms with Crippen LogP contribution in [-0.2, 0) is 16.1 Å². The van der Waals surface area contributed by atoms with Crippen LogP contribution in [0, 0.1) is 5.92 Å². The van der Waals surface area contributed by atoms with E-state index in [-0.39, 0.29) is 5.91 Å². The van der Waals surface area contributed by atoms with Crippen molar-refractivity contribution in [2.45, 2.75) is 19.3 Å². The van der Waals surface area contributed by atoms with Crippen LogP contribution in [0.25, 0.3) is 0 Å². The second-order valence-corrected chi connectivity index (χ2v) is 4.67. The summed E-state index contributed by atoms with van der Waals surface area (Å²) in [5, 5.41) is 1.29. The van der Waals surface area contributed by atoms with Crippen molar-refractivity contribution in [1.29, 1.82) is 0 Å². The number of nitrogens with zero attached hydrogens (tertiary/aromatic N) is 1. The Morgan fingerprint density at radius 3 is 2.78 bits per heavy atom. The second kappa shape index (κ2) is 5.83. The van der Waals surface area contributed by atoms with Crippen molar-refractivity contribution in [3.63, 3.8) is 0 Å². The fraction of sp³-hybridized carbons (Fsp3) is 0.400. The molecule has 1 atom stereocenters. The van der Waals surface area contributed by atoms with E-state index in [2.05, 4.69) is 30.3 Å².